The summed E-state index contributed by atoms with van der Waals surface area (Å²) in [5.74, 6) is -0.758. The van der Waals surface area contributed by atoms with Gasteiger partial charge in [-0.15, -0.1) is 0 Å². The average molecular weight is 641 g/mol. The van der Waals surface area contributed by atoms with Gasteiger partial charge in [-0.25, -0.2) is 9.37 Å². The maximum absolute atomic E-state index is 13.6. The van der Waals surface area contributed by atoms with Crippen LogP contribution in [0.25, 0.3) is 17.0 Å². The second kappa shape index (κ2) is 14.2. The lowest BCUT2D eigenvalue weighted by atomic mass is 9.97. The maximum atomic E-state index is 13.6. The molecule has 2 N–H and O–H groups in total. The number of rotatable bonds is 10. The average Bonchev–Trinajstić information content (AvgIpc) is 3.78. The van der Waals surface area contributed by atoms with Crippen molar-refractivity contribution in [3.05, 3.63) is 77.2 Å². The van der Waals surface area contributed by atoms with Crippen molar-refractivity contribution in [2.45, 2.75) is 63.6 Å². The minimum absolute atomic E-state index is 0.136. The zero-order valence-corrected chi connectivity index (χ0v) is 27.5. The molecule has 1 aromatic heterocycles. The van der Waals surface area contributed by atoms with Gasteiger partial charge in [-0.3, -0.25) is 14.4 Å². The van der Waals surface area contributed by atoms with E-state index < -0.39 is 11.9 Å². The third-order valence-corrected chi connectivity index (χ3v) is 9.79. The van der Waals surface area contributed by atoms with Gasteiger partial charge in [-0.1, -0.05) is 24.3 Å². The number of hydrogen-bond donors (Lipinski definition) is 2. The molecule has 6 rings (SSSR count). The number of nitrogens with one attached hydrogen (secondary N) is 2. The summed E-state index contributed by atoms with van der Waals surface area (Å²) >= 11 is 0. The van der Waals surface area contributed by atoms with Gasteiger partial charge in [0, 0.05) is 36.7 Å². The maximum Gasteiger partial charge on any atom is 0.270 e. The van der Waals surface area contributed by atoms with Crippen LogP contribution in [0.5, 0.6) is 0 Å². The van der Waals surface area contributed by atoms with Gasteiger partial charge >= 0.3 is 0 Å². The van der Waals surface area contributed by atoms with Gasteiger partial charge in [0.05, 0.1) is 18.1 Å². The van der Waals surface area contributed by atoms with Gasteiger partial charge in [0.15, 0.2) is 0 Å². The predicted octanol–water partition coefficient (Wildman–Crippen LogP) is 4.93. The quantitative estimate of drug-likeness (QED) is 0.327. The van der Waals surface area contributed by atoms with Crippen molar-refractivity contribution >= 4 is 40.4 Å². The van der Waals surface area contributed by atoms with E-state index in [-0.39, 0.29) is 35.9 Å². The monoisotopic (exact) mass is 640 g/mol. The Labute approximate surface area is 276 Å². The third kappa shape index (κ3) is 7.81. The van der Waals surface area contributed by atoms with Gasteiger partial charge in [0.1, 0.15) is 17.6 Å². The minimum Gasteiger partial charge on any atom is -0.371 e. The molecular weight excluding hydrogens is 595 g/mol. The number of allylic oxidation sites excluding steroid dienone is 1. The molecule has 1 unspecified atom stereocenters. The van der Waals surface area contributed by atoms with Crippen molar-refractivity contribution in [2.75, 3.05) is 45.2 Å². The van der Waals surface area contributed by atoms with E-state index >= 15 is 0 Å². The second-order valence-corrected chi connectivity index (χ2v) is 13.4. The molecule has 248 valence electrons. The first kappa shape index (κ1) is 32.6. The summed E-state index contributed by atoms with van der Waals surface area (Å²) in [7, 11) is 4.31. The lowest BCUT2D eigenvalue weighted by Gasteiger charge is -2.36. The Hall–Kier alpha value is -4.31. The number of carbonyl (C=O) groups is 3. The first-order valence-electron chi connectivity index (χ1n) is 16.8. The SMILES string of the molecule is C[C@H](NC(=O)C1CCCN1C(=O)CNC(=O)c1ccc2cc(F)ccc2n1)c1ccc(N2CCC(N(C)C)CC2)cc1/C=C/C1CC1. The first-order chi connectivity index (χ1) is 22.7. The minimum atomic E-state index is -0.599. The number of nitrogens with zero attached hydrogens (tertiary/aromatic N) is 4. The summed E-state index contributed by atoms with van der Waals surface area (Å²) in [6, 6.07) is 13.6. The summed E-state index contributed by atoms with van der Waals surface area (Å²) in [5.41, 5.74) is 4.00. The lowest BCUT2D eigenvalue weighted by molar-refractivity contribution is -0.137. The molecule has 10 heteroatoms. The molecule has 1 aliphatic carbocycles. The highest BCUT2D eigenvalue weighted by Crippen LogP contribution is 2.33. The van der Waals surface area contributed by atoms with Crippen LogP contribution in [0.4, 0.5) is 10.1 Å². The molecule has 3 heterocycles. The number of hydrogen-bond acceptors (Lipinski definition) is 6. The molecule has 9 nitrogen and oxygen atoms in total. The summed E-state index contributed by atoms with van der Waals surface area (Å²) in [6.45, 7) is 4.24. The number of pyridine rings is 1. The molecule has 3 aromatic rings. The number of amides is 3. The molecule has 2 aromatic carbocycles. The number of benzene rings is 2. The van der Waals surface area contributed by atoms with Crippen LogP contribution in [0.1, 0.15) is 73.1 Å². The van der Waals surface area contributed by atoms with Crippen molar-refractivity contribution in [3.63, 3.8) is 0 Å². The standard InChI is InChI=1S/C37H45FN6O3/c1-24(31-13-12-30(22-26(31)9-8-25-6-7-25)43-19-16-29(17-20-43)42(2)3)40-37(47)34-5-4-18-44(34)35(45)23-39-36(46)33-14-10-27-21-28(38)11-15-32(27)41-33/h8-15,21-22,24-25,29,34H,4-7,16-20,23H2,1-3H3,(H,39,46)(H,40,47)/b9-8+/t24-,34?/m0/s1. The topological polar surface area (TPSA) is 97.9 Å². The van der Waals surface area contributed by atoms with Gasteiger partial charge < -0.3 is 25.3 Å². The summed E-state index contributed by atoms with van der Waals surface area (Å²) in [4.78, 5) is 50.2. The normalized spacial score (nSPS) is 19.5. The smallest absolute Gasteiger partial charge is 0.270 e. The molecule has 0 radical (unpaired) electrons. The number of carbonyl (C=O) groups excluding carboxylic acids is 3. The van der Waals surface area contributed by atoms with Crippen molar-refractivity contribution in [2.24, 2.45) is 5.92 Å². The number of fused-ring (bicyclic) bond motifs is 1. The summed E-state index contributed by atoms with van der Waals surface area (Å²) in [5, 5.41) is 6.41. The van der Waals surface area contributed by atoms with Crippen LogP contribution in [-0.4, -0.2) is 84.9 Å². The Balaban J connectivity index is 1.08. The van der Waals surface area contributed by atoms with E-state index in [0.717, 1.165) is 37.1 Å². The number of halogens is 1. The fraction of sp³-hybridized carbons (Fsp3) is 0.459. The predicted molar refractivity (Wildman–Crippen MR) is 182 cm³/mol. The van der Waals surface area contributed by atoms with Gasteiger partial charge in [-0.05, 0) is 113 Å². The van der Waals surface area contributed by atoms with E-state index in [1.54, 1.807) is 11.0 Å². The van der Waals surface area contributed by atoms with Gasteiger partial charge in [-0.2, -0.15) is 0 Å². The molecule has 2 saturated heterocycles. The number of piperidine rings is 1. The third-order valence-electron chi connectivity index (χ3n) is 9.79. The second-order valence-electron chi connectivity index (χ2n) is 13.4. The van der Waals surface area contributed by atoms with Crippen LogP contribution in [0.2, 0.25) is 0 Å². The Bertz CT molecular complexity index is 1660. The molecular formula is C37H45FN6O3. The van der Waals surface area contributed by atoms with Crippen LogP contribution in [-0.2, 0) is 9.59 Å². The zero-order chi connectivity index (χ0) is 33.1. The fourth-order valence-electron chi connectivity index (χ4n) is 6.76. The molecule has 0 bridgehead atoms. The van der Waals surface area contributed by atoms with Crippen LogP contribution in [0, 0.1) is 11.7 Å². The van der Waals surface area contributed by atoms with E-state index in [1.165, 1.54) is 42.8 Å². The van der Waals surface area contributed by atoms with Crippen LogP contribution in [0.3, 0.4) is 0 Å². The number of anilines is 1. The Kier molecular flexibility index (Phi) is 9.87. The van der Waals surface area contributed by atoms with Crippen molar-refractivity contribution in [1.29, 1.82) is 0 Å². The zero-order valence-electron chi connectivity index (χ0n) is 27.5. The fourth-order valence-corrected chi connectivity index (χ4v) is 6.76. The highest BCUT2D eigenvalue weighted by Gasteiger charge is 2.35. The molecule has 3 fully saturated rings. The molecule has 47 heavy (non-hydrogen) atoms. The molecule has 1 saturated carbocycles. The highest BCUT2D eigenvalue weighted by molar-refractivity contribution is 5.97. The van der Waals surface area contributed by atoms with E-state index in [4.69, 9.17) is 0 Å². The molecule has 0 spiro atoms. The van der Waals surface area contributed by atoms with Crippen LogP contribution < -0.4 is 15.5 Å². The molecule has 2 atom stereocenters. The van der Waals surface area contributed by atoms with Gasteiger partial charge in [0.25, 0.3) is 5.91 Å². The lowest BCUT2D eigenvalue weighted by Crippen LogP contribution is -2.49. The Morgan fingerprint density at radius 2 is 1.79 bits per heavy atom. The molecule has 3 aliphatic rings. The van der Waals surface area contributed by atoms with E-state index in [2.05, 4.69) is 69.9 Å². The van der Waals surface area contributed by atoms with E-state index in [1.807, 2.05) is 6.92 Å². The van der Waals surface area contributed by atoms with Crippen LogP contribution in [0.15, 0.2) is 54.6 Å². The molecule has 3 amide bonds. The largest absolute Gasteiger partial charge is 0.371 e. The summed E-state index contributed by atoms with van der Waals surface area (Å²) in [6.07, 6.45) is 10.5. The molecule has 2 aliphatic heterocycles. The van der Waals surface area contributed by atoms with Crippen molar-refractivity contribution in [3.8, 4) is 0 Å². The highest BCUT2D eigenvalue weighted by atomic mass is 19.1. The summed E-state index contributed by atoms with van der Waals surface area (Å²) < 4.78 is 13.5. The van der Waals surface area contributed by atoms with Gasteiger partial charge in [0.2, 0.25) is 11.8 Å². The number of likely N-dealkylation sites (tertiary alicyclic amines) is 1. The van der Waals surface area contributed by atoms with E-state index in [0.29, 0.717) is 42.2 Å². The van der Waals surface area contributed by atoms with Crippen LogP contribution >= 0.6 is 0 Å². The Morgan fingerprint density at radius 3 is 2.53 bits per heavy atom. The van der Waals surface area contributed by atoms with E-state index in [9.17, 15) is 18.8 Å². The van der Waals surface area contributed by atoms with Crippen molar-refractivity contribution in [1.82, 2.24) is 25.4 Å². The number of aromatic nitrogens is 1. The first-order valence-corrected chi connectivity index (χ1v) is 16.8. The van der Waals surface area contributed by atoms with Crippen molar-refractivity contribution < 1.29 is 18.8 Å². The Morgan fingerprint density at radius 1 is 1.00 bits per heavy atom.